The number of carbonyl (C=O) groups excluding carboxylic acids is 1. The molecule has 1 saturated heterocycles. The Balaban J connectivity index is 1.26. The van der Waals surface area contributed by atoms with Crippen LogP contribution < -0.4 is 5.32 Å². The minimum absolute atomic E-state index is 0.0257. The average molecular weight is 521 g/mol. The fraction of sp³-hybridized carbons (Fsp3) is 0.300. The van der Waals surface area contributed by atoms with Crippen molar-refractivity contribution in [1.29, 1.82) is 0 Å². The third-order valence-corrected chi connectivity index (χ3v) is 7.88. The van der Waals surface area contributed by atoms with Crippen molar-refractivity contribution in [3.63, 3.8) is 0 Å². The highest BCUT2D eigenvalue weighted by atomic mass is 35.5. The lowest BCUT2D eigenvalue weighted by atomic mass is 9.89. The van der Waals surface area contributed by atoms with Crippen LogP contribution in [0.3, 0.4) is 0 Å². The molecule has 0 radical (unpaired) electrons. The predicted molar refractivity (Wildman–Crippen MR) is 150 cm³/mol. The Kier molecular flexibility index (Phi) is 7.38. The quantitative estimate of drug-likeness (QED) is 0.281. The van der Waals surface area contributed by atoms with Gasteiger partial charge in [-0.25, -0.2) is 0 Å². The molecule has 0 atom stereocenters. The van der Waals surface area contributed by atoms with E-state index in [0.29, 0.717) is 16.0 Å². The number of halogens is 2. The van der Waals surface area contributed by atoms with Crippen molar-refractivity contribution in [1.82, 2.24) is 9.47 Å². The van der Waals surface area contributed by atoms with Crippen LogP contribution in [0.5, 0.6) is 0 Å². The van der Waals surface area contributed by atoms with E-state index in [1.54, 1.807) is 0 Å². The fourth-order valence-electron chi connectivity index (χ4n) is 5.05. The number of anilines is 1. The monoisotopic (exact) mass is 519 g/mol. The number of carbonyl (C=O) groups is 1. The maximum absolute atomic E-state index is 12.1. The van der Waals surface area contributed by atoms with Gasteiger partial charge in [0, 0.05) is 35.4 Å². The summed E-state index contributed by atoms with van der Waals surface area (Å²) in [6.45, 7) is 6.86. The Morgan fingerprint density at radius 2 is 1.75 bits per heavy atom. The van der Waals surface area contributed by atoms with Gasteiger partial charge in [0.05, 0.1) is 15.6 Å². The first kappa shape index (κ1) is 24.9. The van der Waals surface area contributed by atoms with Gasteiger partial charge in [0.25, 0.3) is 0 Å². The second-order valence-corrected chi connectivity index (χ2v) is 10.8. The SMILES string of the molecule is CC(C)C(=O)Nc1cccc(C2CCN(Cc3cccc4c3ccn4-c3ccc(Cl)c(Cl)c3)CC2)c1. The largest absolute Gasteiger partial charge is 0.326 e. The van der Waals surface area contributed by atoms with Crippen molar-refractivity contribution in [2.45, 2.75) is 39.2 Å². The van der Waals surface area contributed by atoms with Crippen molar-refractivity contribution >= 4 is 45.7 Å². The minimum Gasteiger partial charge on any atom is -0.326 e. The molecule has 1 N–H and O–H groups in total. The molecular formula is C30H31Cl2N3O. The summed E-state index contributed by atoms with van der Waals surface area (Å²) >= 11 is 12.4. The van der Waals surface area contributed by atoms with E-state index in [4.69, 9.17) is 23.2 Å². The lowest BCUT2D eigenvalue weighted by Gasteiger charge is -2.32. The van der Waals surface area contributed by atoms with Crippen LogP contribution in [0.1, 0.15) is 43.7 Å². The topological polar surface area (TPSA) is 37.3 Å². The van der Waals surface area contributed by atoms with Crippen LogP contribution in [-0.2, 0) is 11.3 Å². The lowest BCUT2D eigenvalue weighted by Crippen LogP contribution is -2.32. The molecular weight excluding hydrogens is 489 g/mol. The van der Waals surface area contributed by atoms with E-state index < -0.39 is 0 Å². The van der Waals surface area contributed by atoms with E-state index in [0.717, 1.165) is 43.9 Å². The standard InChI is InChI=1S/C30H31Cl2N3O/c1-20(2)30(36)33-24-7-3-5-22(17-24)21-11-14-34(15-12-21)19-23-6-4-8-29-26(23)13-16-35(29)25-9-10-27(31)28(32)18-25/h3-10,13,16-18,20-21H,11-12,14-15,19H2,1-2H3,(H,33,36). The van der Waals surface area contributed by atoms with Crippen molar-refractivity contribution < 1.29 is 4.79 Å². The number of nitrogens with one attached hydrogen (secondary N) is 1. The Hall–Kier alpha value is -2.79. The predicted octanol–water partition coefficient (Wildman–Crippen LogP) is 7.91. The van der Waals surface area contributed by atoms with E-state index in [1.165, 1.54) is 22.0 Å². The highest BCUT2D eigenvalue weighted by Gasteiger charge is 2.22. The maximum atomic E-state index is 12.1. The lowest BCUT2D eigenvalue weighted by molar-refractivity contribution is -0.118. The number of rotatable bonds is 6. The number of amides is 1. The van der Waals surface area contributed by atoms with Crippen LogP contribution in [-0.4, -0.2) is 28.5 Å². The molecule has 6 heteroatoms. The van der Waals surface area contributed by atoms with E-state index in [2.05, 4.69) is 63.4 Å². The van der Waals surface area contributed by atoms with Crippen LogP contribution in [0.25, 0.3) is 16.6 Å². The third kappa shape index (κ3) is 5.31. The summed E-state index contributed by atoms with van der Waals surface area (Å²) in [5.41, 5.74) is 5.72. The first-order valence-electron chi connectivity index (χ1n) is 12.6. The summed E-state index contributed by atoms with van der Waals surface area (Å²) in [5.74, 6) is 0.551. The molecule has 186 valence electrons. The molecule has 0 bridgehead atoms. The second kappa shape index (κ2) is 10.7. The first-order chi connectivity index (χ1) is 17.4. The van der Waals surface area contributed by atoms with E-state index >= 15 is 0 Å². The zero-order valence-electron chi connectivity index (χ0n) is 20.7. The summed E-state index contributed by atoms with van der Waals surface area (Å²) in [6, 6.07) is 22.8. The molecule has 1 fully saturated rings. The van der Waals surface area contributed by atoms with Gasteiger partial charge in [0.2, 0.25) is 5.91 Å². The molecule has 0 unspecified atom stereocenters. The van der Waals surface area contributed by atoms with Gasteiger partial charge in [-0.2, -0.15) is 0 Å². The Labute approximate surface area is 222 Å². The number of aromatic nitrogens is 1. The van der Waals surface area contributed by atoms with Gasteiger partial charge in [-0.1, -0.05) is 61.3 Å². The first-order valence-corrected chi connectivity index (χ1v) is 13.3. The summed E-state index contributed by atoms with van der Waals surface area (Å²) < 4.78 is 2.17. The van der Waals surface area contributed by atoms with Crippen LogP contribution >= 0.6 is 23.2 Å². The summed E-state index contributed by atoms with van der Waals surface area (Å²) in [6.07, 6.45) is 4.33. The van der Waals surface area contributed by atoms with Gasteiger partial charge >= 0.3 is 0 Å². The number of benzene rings is 3. The van der Waals surface area contributed by atoms with Crippen LogP contribution in [0, 0.1) is 5.92 Å². The van der Waals surface area contributed by atoms with Gasteiger partial charge in [0.1, 0.15) is 0 Å². The van der Waals surface area contributed by atoms with Gasteiger partial charge in [0.15, 0.2) is 0 Å². The van der Waals surface area contributed by atoms with Crippen LogP contribution in [0.2, 0.25) is 10.0 Å². The molecule has 0 saturated carbocycles. The number of hydrogen-bond acceptors (Lipinski definition) is 2. The van der Waals surface area contributed by atoms with Crippen molar-refractivity contribution in [2.24, 2.45) is 5.92 Å². The molecule has 5 rings (SSSR count). The van der Waals surface area contributed by atoms with E-state index in [-0.39, 0.29) is 11.8 Å². The third-order valence-electron chi connectivity index (χ3n) is 7.14. The molecule has 4 aromatic rings. The molecule has 0 aliphatic carbocycles. The maximum Gasteiger partial charge on any atom is 0.226 e. The van der Waals surface area contributed by atoms with Crippen molar-refractivity contribution in [2.75, 3.05) is 18.4 Å². The molecule has 4 nitrogen and oxygen atoms in total. The summed E-state index contributed by atoms with van der Waals surface area (Å²) in [7, 11) is 0. The summed E-state index contributed by atoms with van der Waals surface area (Å²) in [4.78, 5) is 14.6. The Morgan fingerprint density at radius 1 is 0.972 bits per heavy atom. The number of fused-ring (bicyclic) bond motifs is 1. The molecule has 36 heavy (non-hydrogen) atoms. The second-order valence-electron chi connectivity index (χ2n) is 9.95. The zero-order chi connectivity index (χ0) is 25.2. The minimum atomic E-state index is -0.0257. The number of piperidine rings is 1. The highest BCUT2D eigenvalue weighted by Crippen LogP contribution is 2.32. The number of nitrogens with zero attached hydrogens (tertiary/aromatic N) is 2. The molecule has 3 aromatic carbocycles. The van der Waals surface area contributed by atoms with Gasteiger partial charge in [-0.15, -0.1) is 0 Å². The van der Waals surface area contributed by atoms with Gasteiger partial charge < -0.3 is 9.88 Å². The number of likely N-dealkylation sites (tertiary alicyclic amines) is 1. The molecule has 1 amide bonds. The fourth-order valence-corrected chi connectivity index (χ4v) is 5.34. The number of hydrogen-bond donors (Lipinski definition) is 1. The Morgan fingerprint density at radius 3 is 2.50 bits per heavy atom. The van der Waals surface area contributed by atoms with Crippen molar-refractivity contribution in [3.8, 4) is 5.69 Å². The average Bonchev–Trinajstić information content (AvgIpc) is 3.31. The van der Waals surface area contributed by atoms with Gasteiger partial charge in [-0.05, 0) is 85.4 Å². The zero-order valence-corrected chi connectivity index (χ0v) is 22.2. The van der Waals surface area contributed by atoms with Crippen LogP contribution in [0.15, 0.2) is 72.9 Å². The van der Waals surface area contributed by atoms with Gasteiger partial charge in [-0.3, -0.25) is 9.69 Å². The molecule has 2 heterocycles. The molecule has 0 spiro atoms. The van der Waals surface area contributed by atoms with Crippen LogP contribution in [0.4, 0.5) is 5.69 Å². The van der Waals surface area contributed by atoms with E-state index in [1.807, 2.05) is 38.1 Å². The highest BCUT2D eigenvalue weighted by molar-refractivity contribution is 6.42. The molecule has 1 aromatic heterocycles. The Bertz CT molecular complexity index is 1390. The van der Waals surface area contributed by atoms with E-state index in [9.17, 15) is 4.79 Å². The molecule has 1 aliphatic heterocycles. The smallest absolute Gasteiger partial charge is 0.226 e. The normalized spacial score (nSPS) is 15.0. The molecule has 1 aliphatic rings. The van der Waals surface area contributed by atoms with Crippen molar-refractivity contribution in [3.05, 3.63) is 94.1 Å². The summed E-state index contributed by atoms with van der Waals surface area (Å²) in [5, 5.41) is 5.42.